The molecule has 2 bridgehead atoms. The Hall–Kier alpha value is -1.12. The van der Waals surface area contributed by atoms with Crippen molar-refractivity contribution >= 4 is 0 Å². The first-order valence-corrected chi connectivity index (χ1v) is 4.56. The smallest absolute Gasteiger partial charge is 0.249 e. The molecule has 2 aliphatic carbocycles. The lowest BCUT2D eigenvalue weighted by atomic mass is 9.80. The number of nitro groups is 1. The molecule has 0 radical (unpaired) electrons. The molecule has 0 saturated heterocycles. The van der Waals surface area contributed by atoms with Gasteiger partial charge in [0.05, 0.1) is 5.92 Å². The molecule has 3 heteroatoms. The van der Waals surface area contributed by atoms with Crippen LogP contribution in [0.2, 0.25) is 0 Å². The predicted octanol–water partition coefficient (Wildman–Crippen LogP) is 2.17. The van der Waals surface area contributed by atoms with E-state index in [9.17, 15) is 10.1 Å². The van der Waals surface area contributed by atoms with E-state index in [1.165, 1.54) is 0 Å². The van der Waals surface area contributed by atoms with Crippen molar-refractivity contribution < 1.29 is 4.92 Å². The van der Waals surface area contributed by atoms with Crippen LogP contribution in [0.5, 0.6) is 0 Å². The lowest BCUT2D eigenvalue weighted by molar-refractivity contribution is -0.563. The van der Waals surface area contributed by atoms with Gasteiger partial charge in [0.1, 0.15) is 0 Å². The van der Waals surface area contributed by atoms with Crippen LogP contribution in [-0.4, -0.2) is 10.5 Å². The summed E-state index contributed by atoms with van der Waals surface area (Å²) in [5.74, 6) is 0.497. The van der Waals surface area contributed by atoms with Crippen molar-refractivity contribution in [1.29, 1.82) is 0 Å². The summed E-state index contributed by atoms with van der Waals surface area (Å²) in [6.45, 7) is 5.55. The van der Waals surface area contributed by atoms with Crippen molar-refractivity contribution in [3.05, 3.63) is 34.4 Å². The summed E-state index contributed by atoms with van der Waals surface area (Å²) >= 11 is 0. The monoisotopic (exact) mass is 179 g/mol. The standard InChI is InChI=1S/C10H13NO2/c1-7(2)10(11(12)13)6-8-3-4-9(10)5-8/h3-4,8-9H,1,5-6H2,2H3. The molecule has 0 aliphatic heterocycles. The van der Waals surface area contributed by atoms with Gasteiger partial charge < -0.3 is 0 Å². The predicted molar refractivity (Wildman–Crippen MR) is 49.9 cm³/mol. The van der Waals surface area contributed by atoms with Gasteiger partial charge in [0.15, 0.2) is 0 Å². The van der Waals surface area contributed by atoms with E-state index in [-0.39, 0.29) is 10.8 Å². The van der Waals surface area contributed by atoms with Gasteiger partial charge in [-0.25, -0.2) is 0 Å². The normalized spacial score (nSPS) is 41.0. The SMILES string of the molecule is C=C(C)C1([N+](=O)[O-])CC2C=CC1C2. The van der Waals surface area contributed by atoms with E-state index >= 15 is 0 Å². The second kappa shape index (κ2) is 2.44. The Bertz CT molecular complexity index is 292. The van der Waals surface area contributed by atoms with Crippen LogP contribution in [0.4, 0.5) is 0 Å². The first-order valence-electron chi connectivity index (χ1n) is 4.56. The van der Waals surface area contributed by atoms with E-state index in [0.717, 1.165) is 6.42 Å². The molecule has 3 atom stereocenters. The molecule has 0 aromatic heterocycles. The lowest BCUT2D eigenvalue weighted by Gasteiger charge is -2.26. The third-order valence-corrected chi connectivity index (χ3v) is 3.42. The van der Waals surface area contributed by atoms with Crippen molar-refractivity contribution in [2.24, 2.45) is 11.8 Å². The Balaban J connectivity index is 2.42. The van der Waals surface area contributed by atoms with Crippen molar-refractivity contribution in [3.63, 3.8) is 0 Å². The molecule has 0 heterocycles. The highest BCUT2D eigenvalue weighted by atomic mass is 16.6. The van der Waals surface area contributed by atoms with Crippen LogP contribution in [0.3, 0.4) is 0 Å². The zero-order chi connectivity index (χ0) is 9.64. The summed E-state index contributed by atoms with van der Waals surface area (Å²) in [5, 5.41) is 11.1. The molecule has 0 aromatic rings. The zero-order valence-electron chi connectivity index (χ0n) is 7.69. The van der Waals surface area contributed by atoms with E-state index in [0.29, 0.717) is 17.9 Å². The minimum absolute atomic E-state index is 0.0880. The Morgan fingerprint density at radius 2 is 2.38 bits per heavy atom. The van der Waals surface area contributed by atoms with Gasteiger partial charge in [0, 0.05) is 11.3 Å². The van der Waals surface area contributed by atoms with Crippen LogP contribution >= 0.6 is 0 Å². The van der Waals surface area contributed by atoms with Crippen molar-refractivity contribution in [2.45, 2.75) is 25.3 Å². The summed E-state index contributed by atoms with van der Waals surface area (Å²) in [5.41, 5.74) is -0.145. The maximum atomic E-state index is 11.1. The molecule has 3 nitrogen and oxygen atoms in total. The number of allylic oxidation sites excluding steroid dienone is 1. The van der Waals surface area contributed by atoms with Crippen LogP contribution in [0, 0.1) is 22.0 Å². The van der Waals surface area contributed by atoms with E-state index in [1.54, 1.807) is 6.92 Å². The van der Waals surface area contributed by atoms with Gasteiger partial charge in [0.25, 0.3) is 0 Å². The molecule has 0 amide bonds. The molecule has 2 rings (SSSR count). The number of hydrogen-bond donors (Lipinski definition) is 0. The quantitative estimate of drug-likeness (QED) is 0.370. The lowest BCUT2D eigenvalue weighted by Crippen LogP contribution is -2.43. The van der Waals surface area contributed by atoms with Gasteiger partial charge in [-0.2, -0.15) is 0 Å². The summed E-state index contributed by atoms with van der Waals surface area (Å²) in [7, 11) is 0. The van der Waals surface area contributed by atoms with Crippen LogP contribution < -0.4 is 0 Å². The Kier molecular flexibility index (Phi) is 1.59. The molecule has 3 unspecified atom stereocenters. The maximum Gasteiger partial charge on any atom is 0.249 e. The summed E-state index contributed by atoms with van der Waals surface area (Å²) in [6, 6.07) is 0. The Morgan fingerprint density at radius 1 is 1.69 bits per heavy atom. The van der Waals surface area contributed by atoms with E-state index < -0.39 is 5.54 Å². The molecule has 1 saturated carbocycles. The summed E-state index contributed by atoms with van der Waals surface area (Å²) in [6.07, 6.45) is 5.69. The fourth-order valence-electron chi connectivity index (χ4n) is 2.69. The van der Waals surface area contributed by atoms with Gasteiger partial charge >= 0.3 is 0 Å². The molecular formula is C10H13NO2. The molecular weight excluding hydrogens is 166 g/mol. The fraction of sp³-hybridized carbons (Fsp3) is 0.600. The first-order chi connectivity index (χ1) is 6.07. The summed E-state index contributed by atoms with van der Waals surface area (Å²) in [4.78, 5) is 10.9. The molecule has 13 heavy (non-hydrogen) atoms. The molecule has 1 fully saturated rings. The zero-order valence-corrected chi connectivity index (χ0v) is 7.69. The largest absolute Gasteiger partial charge is 0.264 e. The van der Waals surface area contributed by atoms with Gasteiger partial charge in [-0.15, -0.1) is 0 Å². The number of fused-ring (bicyclic) bond motifs is 2. The summed E-state index contributed by atoms with van der Waals surface area (Å²) < 4.78 is 0. The third kappa shape index (κ3) is 0.900. The molecule has 2 aliphatic rings. The van der Waals surface area contributed by atoms with E-state index in [4.69, 9.17) is 0 Å². The van der Waals surface area contributed by atoms with Crippen molar-refractivity contribution in [2.75, 3.05) is 0 Å². The molecule has 0 aromatic carbocycles. The molecule has 0 N–H and O–H groups in total. The van der Waals surface area contributed by atoms with Gasteiger partial charge in [-0.1, -0.05) is 18.7 Å². The van der Waals surface area contributed by atoms with Crippen LogP contribution in [-0.2, 0) is 0 Å². The van der Waals surface area contributed by atoms with Crippen molar-refractivity contribution in [1.82, 2.24) is 0 Å². The van der Waals surface area contributed by atoms with E-state index in [2.05, 4.69) is 12.7 Å². The highest BCUT2D eigenvalue weighted by molar-refractivity contribution is 5.26. The molecule has 70 valence electrons. The maximum absolute atomic E-state index is 11.1. The second-order valence-corrected chi connectivity index (χ2v) is 4.15. The minimum Gasteiger partial charge on any atom is -0.264 e. The topological polar surface area (TPSA) is 43.1 Å². The van der Waals surface area contributed by atoms with Gasteiger partial charge in [-0.3, -0.25) is 10.1 Å². The third-order valence-electron chi connectivity index (χ3n) is 3.42. The average Bonchev–Trinajstić information content (AvgIpc) is 2.61. The van der Waals surface area contributed by atoms with Crippen LogP contribution in [0.15, 0.2) is 24.3 Å². The second-order valence-electron chi connectivity index (χ2n) is 4.15. The average molecular weight is 179 g/mol. The van der Waals surface area contributed by atoms with Crippen LogP contribution in [0.25, 0.3) is 0 Å². The highest BCUT2D eigenvalue weighted by Crippen LogP contribution is 2.50. The van der Waals surface area contributed by atoms with Gasteiger partial charge in [-0.05, 0) is 24.8 Å². The fourth-order valence-corrected chi connectivity index (χ4v) is 2.69. The van der Waals surface area contributed by atoms with Crippen molar-refractivity contribution in [3.8, 4) is 0 Å². The highest BCUT2D eigenvalue weighted by Gasteiger charge is 2.58. The van der Waals surface area contributed by atoms with Gasteiger partial charge in [0.2, 0.25) is 5.54 Å². The number of hydrogen-bond acceptors (Lipinski definition) is 2. The number of nitrogens with zero attached hydrogens (tertiary/aromatic N) is 1. The van der Waals surface area contributed by atoms with Crippen LogP contribution in [0.1, 0.15) is 19.8 Å². The molecule has 0 spiro atoms. The van der Waals surface area contributed by atoms with E-state index in [1.807, 2.05) is 6.08 Å². The Labute approximate surface area is 77.3 Å². The first kappa shape index (κ1) is 8.48. The Morgan fingerprint density at radius 3 is 2.62 bits per heavy atom. The number of rotatable bonds is 2. The minimum atomic E-state index is -0.848.